The van der Waals surface area contributed by atoms with Crippen LogP contribution < -0.4 is 5.43 Å². The van der Waals surface area contributed by atoms with Gasteiger partial charge in [0, 0.05) is 42.0 Å². The van der Waals surface area contributed by atoms with Crippen molar-refractivity contribution in [1.82, 2.24) is 14.3 Å². The number of hydrogen-bond donors (Lipinski definition) is 1. The molecule has 0 aliphatic heterocycles. The van der Waals surface area contributed by atoms with E-state index in [0.29, 0.717) is 27.6 Å². The maximum Gasteiger partial charge on any atom is 0.323 e. The molecule has 1 aromatic carbocycles. The van der Waals surface area contributed by atoms with Crippen molar-refractivity contribution in [2.24, 2.45) is 7.05 Å². The van der Waals surface area contributed by atoms with Crippen molar-refractivity contribution in [3.63, 3.8) is 0 Å². The van der Waals surface area contributed by atoms with E-state index in [1.54, 1.807) is 47.5 Å². The van der Waals surface area contributed by atoms with E-state index in [0.717, 1.165) is 0 Å². The van der Waals surface area contributed by atoms with Gasteiger partial charge in [0.15, 0.2) is 0 Å². The van der Waals surface area contributed by atoms with E-state index in [2.05, 4.69) is 5.10 Å². The maximum absolute atomic E-state index is 12.5. The van der Waals surface area contributed by atoms with Gasteiger partial charge >= 0.3 is 5.97 Å². The summed E-state index contributed by atoms with van der Waals surface area (Å²) in [4.78, 5) is 23.7. The summed E-state index contributed by atoms with van der Waals surface area (Å²) in [6, 6.07) is 7.02. The quantitative estimate of drug-likeness (QED) is 0.712. The SMILES string of the molecule is Cc1nn(C)c2c1c(=O)c1ccccc1n2CC(=O)O.[Na]. The van der Waals surface area contributed by atoms with Crippen LogP contribution in [0.4, 0.5) is 0 Å². The summed E-state index contributed by atoms with van der Waals surface area (Å²) in [6.45, 7) is 1.54. The molecule has 0 unspecified atom stereocenters. The van der Waals surface area contributed by atoms with Gasteiger partial charge in [-0.25, -0.2) is 0 Å². The molecule has 0 saturated carbocycles. The van der Waals surface area contributed by atoms with Crippen LogP contribution in [0.15, 0.2) is 29.1 Å². The first-order chi connectivity index (χ1) is 9.50. The molecule has 3 rings (SSSR count). The average Bonchev–Trinajstić information content (AvgIpc) is 2.69. The van der Waals surface area contributed by atoms with E-state index >= 15 is 0 Å². The fourth-order valence-corrected chi connectivity index (χ4v) is 2.67. The number of rotatable bonds is 2. The van der Waals surface area contributed by atoms with Crippen LogP contribution in [0.1, 0.15) is 5.69 Å². The van der Waals surface area contributed by atoms with Gasteiger partial charge in [0.2, 0.25) is 5.43 Å². The number of aliphatic carboxylic acids is 1. The van der Waals surface area contributed by atoms with Gasteiger partial charge in [-0.2, -0.15) is 5.10 Å². The Morgan fingerprint density at radius 3 is 2.67 bits per heavy atom. The average molecular weight is 294 g/mol. The molecule has 0 spiro atoms. The maximum atomic E-state index is 12.5. The van der Waals surface area contributed by atoms with Crippen LogP contribution in [0.2, 0.25) is 0 Å². The molecule has 21 heavy (non-hydrogen) atoms. The van der Waals surface area contributed by atoms with Crippen LogP contribution in [0.25, 0.3) is 21.9 Å². The van der Waals surface area contributed by atoms with Gasteiger partial charge < -0.3 is 9.67 Å². The van der Waals surface area contributed by atoms with Crippen molar-refractivity contribution >= 4 is 57.5 Å². The van der Waals surface area contributed by atoms with Crippen molar-refractivity contribution < 1.29 is 9.90 Å². The number of hydrogen-bond acceptors (Lipinski definition) is 3. The molecule has 2 aromatic heterocycles. The molecule has 0 bridgehead atoms. The second-order valence-electron chi connectivity index (χ2n) is 4.73. The van der Waals surface area contributed by atoms with Gasteiger partial charge in [0.05, 0.1) is 16.6 Å². The van der Waals surface area contributed by atoms with Crippen molar-refractivity contribution in [3.05, 3.63) is 40.2 Å². The Labute approximate surface area is 142 Å². The molecular formula is C14H13N3NaO3. The normalized spacial score (nSPS) is 10.8. The third-order valence-electron chi connectivity index (χ3n) is 3.41. The third-order valence-corrected chi connectivity index (χ3v) is 3.41. The van der Waals surface area contributed by atoms with Gasteiger partial charge in [-0.05, 0) is 19.1 Å². The Morgan fingerprint density at radius 2 is 2.00 bits per heavy atom. The van der Waals surface area contributed by atoms with Crippen LogP contribution in [0.5, 0.6) is 0 Å². The number of carbonyl (C=O) groups is 1. The predicted molar refractivity (Wildman–Crippen MR) is 80.6 cm³/mol. The minimum absolute atomic E-state index is 0. The van der Waals surface area contributed by atoms with Crippen LogP contribution >= 0.6 is 0 Å². The molecule has 3 aromatic rings. The molecule has 1 radical (unpaired) electrons. The number of para-hydroxylation sites is 1. The molecule has 0 aliphatic rings. The van der Waals surface area contributed by atoms with Crippen molar-refractivity contribution in [2.45, 2.75) is 13.5 Å². The first kappa shape index (κ1) is 15.8. The summed E-state index contributed by atoms with van der Waals surface area (Å²) in [6.07, 6.45) is 0. The number of pyridine rings is 1. The number of nitrogens with zero attached hydrogens (tertiary/aromatic N) is 3. The number of aryl methyl sites for hydroxylation is 2. The van der Waals surface area contributed by atoms with E-state index in [1.807, 2.05) is 0 Å². The fourth-order valence-electron chi connectivity index (χ4n) is 2.67. The largest absolute Gasteiger partial charge is 0.480 e. The fraction of sp³-hybridized carbons (Fsp3) is 0.214. The van der Waals surface area contributed by atoms with Crippen LogP contribution in [0.3, 0.4) is 0 Å². The Hall–Kier alpha value is -1.63. The molecule has 1 N–H and O–H groups in total. The van der Waals surface area contributed by atoms with Crippen LogP contribution in [0, 0.1) is 6.92 Å². The van der Waals surface area contributed by atoms with E-state index in [-0.39, 0.29) is 41.5 Å². The Bertz CT molecular complexity index is 911. The van der Waals surface area contributed by atoms with Gasteiger partial charge in [-0.15, -0.1) is 0 Å². The van der Waals surface area contributed by atoms with E-state index in [4.69, 9.17) is 5.11 Å². The van der Waals surface area contributed by atoms with Crippen molar-refractivity contribution in [3.8, 4) is 0 Å². The minimum Gasteiger partial charge on any atom is -0.480 e. The standard InChI is InChI=1S/C14H13N3O3.Na/c1-8-12-13(20)9-5-3-4-6-10(9)17(7-11(18)19)14(12)16(2)15-8;/h3-6H,7H2,1-2H3,(H,18,19);. The second-order valence-corrected chi connectivity index (χ2v) is 4.73. The summed E-state index contributed by atoms with van der Waals surface area (Å²) < 4.78 is 3.18. The molecule has 6 nitrogen and oxygen atoms in total. The molecule has 0 atom stereocenters. The molecule has 0 aliphatic carbocycles. The monoisotopic (exact) mass is 294 g/mol. The molecule has 7 heteroatoms. The zero-order valence-electron chi connectivity index (χ0n) is 12.1. The number of carboxylic acids is 1. The number of benzene rings is 1. The topological polar surface area (TPSA) is 77.1 Å². The molecule has 0 saturated heterocycles. The number of aromatic nitrogens is 3. The van der Waals surface area contributed by atoms with E-state index in [9.17, 15) is 9.59 Å². The van der Waals surface area contributed by atoms with E-state index in [1.165, 1.54) is 0 Å². The van der Waals surface area contributed by atoms with Crippen molar-refractivity contribution in [2.75, 3.05) is 0 Å². The number of carboxylic acid groups (broad SMARTS) is 1. The Balaban J connectivity index is 0.00000161. The zero-order valence-corrected chi connectivity index (χ0v) is 14.1. The second kappa shape index (κ2) is 5.63. The molecule has 2 heterocycles. The third kappa shape index (κ3) is 2.39. The first-order valence-electron chi connectivity index (χ1n) is 6.17. The minimum atomic E-state index is -0.959. The smallest absolute Gasteiger partial charge is 0.323 e. The molecular weight excluding hydrogens is 281 g/mol. The van der Waals surface area contributed by atoms with Crippen LogP contribution in [-0.4, -0.2) is 55.0 Å². The van der Waals surface area contributed by atoms with Gasteiger partial charge in [-0.1, -0.05) is 12.1 Å². The predicted octanol–water partition coefficient (Wildman–Crippen LogP) is 0.900. The van der Waals surface area contributed by atoms with E-state index < -0.39 is 5.97 Å². The van der Waals surface area contributed by atoms with Gasteiger partial charge in [0.25, 0.3) is 0 Å². The molecule has 103 valence electrons. The Morgan fingerprint density at radius 1 is 1.33 bits per heavy atom. The first-order valence-corrected chi connectivity index (χ1v) is 6.17. The zero-order chi connectivity index (χ0) is 14.4. The van der Waals surface area contributed by atoms with Crippen molar-refractivity contribution in [1.29, 1.82) is 0 Å². The summed E-state index contributed by atoms with van der Waals surface area (Å²) in [5, 5.41) is 14.4. The van der Waals surface area contributed by atoms with Gasteiger partial charge in [0.1, 0.15) is 12.2 Å². The van der Waals surface area contributed by atoms with Gasteiger partial charge in [-0.3, -0.25) is 14.3 Å². The molecule has 0 amide bonds. The summed E-state index contributed by atoms with van der Waals surface area (Å²) in [5.74, 6) is -0.959. The summed E-state index contributed by atoms with van der Waals surface area (Å²) >= 11 is 0. The summed E-state index contributed by atoms with van der Waals surface area (Å²) in [7, 11) is 1.71. The number of fused-ring (bicyclic) bond motifs is 2. The molecule has 0 fully saturated rings. The Kier molecular flexibility index (Phi) is 4.22. The van der Waals surface area contributed by atoms with Crippen LogP contribution in [-0.2, 0) is 18.4 Å². The summed E-state index contributed by atoms with van der Waals surface area (Å²) in [5.41, 5.74) is 1.64.